The van der Waals surface area contributed by atoms with Crippen molar-refractivity contribution in [2.24, 2.45) is 4.99 Å². The zero-order valence-corrected chi connectivity index (χ0v) is 18.7. The number of furan rings is 1. The highest BCUT2D eigenvalue weighted by Crippen LogP contribution is 2.31. The number of ether oxygens (including phenoxy) is 2. The molecule has 1 aliphatic heterocycles. The van der Waals surface area contributed by atoms with Crippen LogP contribution in [0.3, 0.4) is 0 Å². The molecular formula is C24H22N2O5S. The molecule has 1 atom stereocenters. The molecule has 0 saturated heterocycles. The molecule has 164 valence electrons. The van der Waals surface area contributed by atoms with Crippen molar-refractivity contribution in [3.63, 3.8) is 0 Å². The topological polar surface area (TPSA) is 83.0 Å². The van der Waals surface area contributed by atoms with Crippen LogP contribution in [0.4, 0.5) is 0 Å². The number of hydrogen-bond donors (Lipinski definition) is 0. The molecule has 0 unspecified atom stereocenters. The number of fused-ring (bicyclic) bond motifs is 1. The van der Waals surface area contributed by atoms with Gasteiger partial charge in [-0.25, -0.2) is 9.79 Å². The summed E-state index contributed by atoms with van der Waals surface area (Å²) in [5.41, 5.74) is 1.42. The minimum Gasteiger partial charge on any atom is -0.497 e. The van der Waals surface area contributed by atoms with Crippen LogP contribution in [0, 0.1) is 0 Å². The molecule has 0 radical (unpaired) electrons. The Kier molecular flexibility index (Phi) is 6.23. The standard InChI is InChI=1S/C24H22N2O5S/c1-4-30-23(28)20-15(2)25-24-26(21(20)16-10-12-17(29-3)13-11-16)22(27)19(32-24)9-5-7-18-8-6-14-31-18/h5-14,21H,4H2,1-3H3/b7-5+,19-9-/t21-/m0/s1. The molecule has 3 heterocycles. The third-order valence-electron chi connectivity index (χ3n) is 5.00. The first-order valence-corrected chi connectivity index (χ1v) is 10.9. The van der Waals surface area contributed by atoms with E-state index in [4.69, 9.17) is 13.9 Å². The highest BCUT2D eigenvalue weighted by Gasteiger charge is 2.33. The van der Waals surface area contributed by atoms with Gasteiger partial charge < -0.3 is 13.9 Å². The van der Waals surface area contributed by atoms with E-state index in [-0.39, 0.29) is 12.2 Å². The summed E-state index contributed by atoms with van der Waals surface area (Å²) in [6.45, 7) is 3.74. The first kappa shape index (κ1) is 21.6. The molecule has 8 heteroatoms. The number of carbonyl (C=O) groups is 1. The summed E-state index contributed by atoms with van der Waals surface area (Å²) in [7, 11) is 1.59. The van der Waals surface area contributed by atoms with Crippen LogP contribution < -0.4 is 19.6 Å². The minimum absolute atomic E-state index is 0.229. The summed E-state index contributed by atoms with van der Waals surface area (Å²) in [6.07, 6.45) is 6.84. The predicted molar refractivity (Wildman–Crippen MR) is 122 cm³/mol. The first-order valence-electron chi connectivity index (χ1n) is 10.1. The van der Waals surface area contributed by atoms with E-state index in [0.29, 0.717) is 32.1 Å². The summed E-state index contributed by atoms with van der Waals surface area (Å²) in [5.74, 6) is 0.884. The number of methoxy groups -OCH3 is 1. The van der Waals surface area contributed by atoms with Crippen molar-refractivity contribution in [2.75, 3.05) is 13.7 Å². The van der Waals surface area contributed by atoms with Crippen molar-refractivity contribution < 1.29 is 18.7 Å². The second-order valence-electron chi connectivity index (χ2n) is 6.97. The van der Waals surface area contributed by atoms with E-state index in [0.717, 1.165) is 5.56 Å². The van der Waals surface area contributed by atoms with Crippen molar-refractivity contribution in [3.8, 4) is 5.75 Å². The third kappa shape index (κ3) is 4.09. The summed E-state index contributed by atoms with van der Waals surface area (Å²) in [4.78, 5) is 31.3. The number of allylic oxidation sites excluding steroid dienone is 2. The number of rotatable bonds is 6. The maximum Gasteiger partial charge on any atom is 0.338 e. The predicted octanol–water partition coefficient (Wildman–Crippen LogP) is 3.07. The van der Waals surface area contributed by atoms with E-state index in [1.54, 1.807) is 68.2 Å². The number of benzene rings is 1. The van der Waals surface area contributed by atoms with Crippen molar-refractivity contribution in [1.29, 1.82) is 0 Å². The molecule has 0 saturated carbocycles. The molecule has 3 aromatic rings. The van der Waals surface area contributed by atoms with Crippen LogP contribution in [0.25, 0.3) is 12.2 Å². The van der Waals surface area contributed by atoms with Gasteiger partial charge in [0.2, 0.25) is 0 Å². The Labute approximate surface area is 188 Å². The number of carbonyl (C=O) groups excluding carboxylic acids is 1. The first-order chi connectivity index (χ1) is 15.5. The Morgan fingerprint density at radius 3 is 2.72 bits per heavy atom. The highest BCUT2D eigenvalue weighted by atomic mass is 32.1. The molecular weight excluding hydrogens is 428 g/mol. The zero-order chi connectivity index (χ0) is 22.7. The van der Waals surface area contributed by atoms with Gasteiger partial charge in [0.25, 0.3) is 5.56 Å². The number of hydrogen-bond acceptors (Lipinski definition) is 7. The molecule has 0 spiro atoms. The van der Waals surface area contributed by atoms with E-state index in [2.05, 4.69) is 4.99 Å². The SMILES string of the molecule is CCOC(=O)C1=C(C)N=c2s/c(=C\C=C\c3ccco3)c(=O)n2[C@H]1c1ccc(OC)cc1. The Morgan fingerprint density at radius 1 is 1.28 bits per heavy atom. The second kappa shape index (κ2) is 9.23. The molecule has 0 amide bonds. The average Bonchev–Trinajstić information content (AvgIpc) is 3.41. The number of thiazole rings is 1. The van der Waals surface area contributed by atoms with Gasteiger partial charge >= 0.3 is 5.97 Å². The van der Waals surface area contributed by atoms with E-state index < -0.39 is 12.0 Å². The molecule has 32 heavy (non-hydrogen) atoms. The Bertz CT molecular complexity index is 1360. The van der Waals surface area contributed by atoms with Crippen molar-refractivity contribution in [3.05, 3.63) is 91.0 Å². The molecule has 4 rings (SSSR count). The number of nitrogens with zero attached hydrogens (tertiary/aromatic N) is 2. The Balaban J connectivity index is 1.86. The summed E-state index contributed by atoms with van der Waals surface area (Å²) in [5, 5.41) is 0. The van der Waals surface area contributed by atoms with Gasteiger partial charge in [-0.05, 0) is 55.8 Å². The van der Waals surface area contributed by atoms with Crippen LogP contribution in [0.2, 0.25) is 0 Å². The third-order valence-corrected chi connectivity index (χ3v) is 6.00. The molecule has 1 aliphatic rings. The maximum atomic E-state index is 13.4. The number of esters is 1. The monoisotopic (exact) mass is 450 g/mol. The summed E-state index contributed by atoms with van der Waals surface area (Å²) >= 11 is 1.27. The molecule has 0 N–H and O–H groups in total. The quantitative estimate of drug-likeness (QED) is 0.539. The van der Waals surface area contributed by atoms with Crippen LogP contribution in [-0.4, -0.2) is 24.3 Å². The lowest BCUT2D eigenvalue weighted by molar-refractivity contribution is -0.139. The van der Waals surface area contributed by atoms with E-state index in [9.17, 15) is 9.59 Å². The fourth-order valence-corrected chi connectivity index (χ4v) is 4.52. The van der Waals surface area contributed by atoms with E-state index in [1.807, 2.05) is 18.2 Å². The van der Waals surface area contributed by atoms with E-state index in [1.165, 1.54) is 11.3 Å². The molecule has 1 aromatic carbocycles. The molecule has 7 nitrogen and oxygen atoms in total. The summed E-state index contributed by atoms with van der Waals surface area (Å²) in [6, 6.07) is 10.3. The van der Waals surface area contributed by atoms with Gasteiger partial charge in [0, 0.05) is 0 Å². The van der Waals surface area contributed by atoms with Gasteiger partial charge in [-0.1, -0.05) is 29.5 Å². The fraction of sp³-hybridized carbons (Fsp3) is 0.208. The maximum absolute atomic E-state index is 13.4. The van der Waals surface area contributed by atoms with Gasteiger partial charge in [0.15, 0.2) is 4.80 Å². The molecule has 0 bridgehead atoms. The fourth-order valence-electron chi connectivity index (χ4n) is 3.52. The second-order valence-corrected chi connectivity index (χ2v) is 7.98. The van der Waals surface area contributed by atoms with Gasteiger partial charge in [0.05, 0.1) is 41.8 Å². The molecule has 2 aromatic heterocycles. The van der Waals surface area contributed by atoms with Crippen LogP contribution in [0.1, 0.15) is 31.2 Å². The molecule has 0 fully saturated rings. The number of aromatic nitrogens is 1. The Hall–Kier alpha value is -3.65. The van der Waals surface area contributed by atoms with Crippen LogP contribution in [0.5, 0.6) is 5.75 Å². The van der Waals surface area contributed by atoms with Crippen molar-refractivity contribution in [1.82, 2.24) is 4.57 Å². The van der Waals surface area contributed by atoms with Crippen LogP contribution >= 0.6 is 11.3 Å². The van der Waals surface area contributed by atoms with Crippen LogP contribution in [0.15, 0.2) is 74.2 Å². The Morgan fingerprint density at radius 2 is 2.06 bits per heavy atom. The van der Waals surface area contributed by atoms with Crippen molar-refractivity contribution >= 4 is 29.5 Å². The highest BCUT2D eigenvalue weighted by molar-refractivity contribution is 7.07. The van der Waals surface area contributed by atoms with Gasteiger partial charge in [-0.2, -0.15) is 0 Å². The largest absolute Gasteiger partial charge is 0.497 e. The van der Waals surface area contributed by atoms with Gasteiger partial charge in [-0.15, -0.1) is 0 Å². The smallest absolute Gasteiger partial charge is 0.338 e. The van der Waals surface area contributed by atoms with Crippen LogP contribution in [-0.2, 0) is 9.53 Å². The lowest BCUT2D eigenvalue weighted by atomic mass is 9.96. The normalized spacial score (nSPS) is 16.2. The van der Waals surface area contributed by atoms with Gasteiger partial charge in [-0.3, -0.25) is 9.36 Å². The average molecular weight is 451 g/mol. The minimum atomic E-state index is -0.646. The summed E-state index contributed by atoms with van der Waals surface area (Å²) < 4.78 is 17.9. The zero-order valence-electron chi connectivity index (χ0n) is 17.9. The molecule has 0 aliphatic carbocycles. The van der Waals surface area contributed by atoms with E-state index >= 15 is 0 Å². The van der Waals surface area contributed by atoms with Crippen molar-refractivity contribution in [2.45, 2.75) is 19.9 Å². The lowest BCUT2D eigenvalue weighted by Crippen LogP contribution is -2.39. The lowest BCUT2D eigenvalue weighted by Gasteiger charge is -2.24. The van der Waals surface area contributed by atoms with Gasteiger partial charge in [0.1, 0.15) is 11.5 Å².